The molecule has 94 valence electrons. The van der Waals surface area contributed by atoms with Crippen LogP contribution in [0.2, 0.25) is 0 Å². The summed E-state index contributed by atoms with van der Waals surface area (Å²) in [7, 11) is 0. The van der Waals surface area contributed by atoms with Gasteiger partial charge < -0.3 is 5.73 Å². The quantitative estimate of drug-likeness (QED) is 0.380. The summed E-state index contributed by atoms with van der Waals surface area (Å²) in [5, 5.41) is 1.95. The Balaban J connectivity index is 3.01. The van der Waals surface area contributed by atoms with Gasteiger partial charge in [-0.3, -0.25) is 20.3 Å². The molecule has 2 unspecified atom stereocenters. The van der Waals surface area contributed by atoms with Gasteiger partial charge in [-0.2, -0.15) is 0 Å². The third-order valence-corrected chi connectivity index (χ3v) is 2.69. The van der Waals surface area contributed by atoms with Gasteiger partial charge in [0, 0.05) is 6.04 Å². The predicted molar refractivity (Wildman–Crippen MR) is 60.3 cm³/mol. The summed E-state index contributed by atoms with van der Waals surface area (Å²) in [6, 6.07) is -1.07. The Kier molecular flexibility index (Phi) is 3.84. The molecule has 5 N–H and O–H groups in total. The molecule has 0 aromatic rings. The van der Waals surface area contributed by atoms with E-state index in [0.717, 1.165) is 0 Å². The van der Waals surface area contributed by atoms with E-state index in [1.54, 1.807) is 0 Å². The SMILES string of the molecule is C=CCC1(C(=O)NC(N)=O)CC(C)NNC1=O. The van der Waals surface area contributed by atoms with Gasteiger partial charge in [-0.15, -0.1) is 6.58 Å². The lowest BCUT2D eigenvalue weighted by atomic mass is 9.76. The minimum Gasteiger partial charge on any atom is -0.351 e. The summed E-state index contributed by atoms with van der Waals surface area (Å²) in [6.07, 6.45) is 1.88. The van der Waals surface area contributed by atoms with Crippen molar-refractivity contribution in [1.82, 2.24) is 16.2 Å². The number of hydrogen-bond acceptors (Lipinski definition) is 4. The van der Waals surface area contributed by atoms with Crippen LogP contribution in [-0.4, -0.2) is 23.9 Å². The second kappa shape index (κ2) is 4.96. The van der Waals surface area contributed by atoms with Crippen molar-refractivity contribution in [2.45, 2.75) is 25.8 Å². The van der Waals surface area contributed by atoms with Crippen molar-refractivity contribution in [3.63, 3.8) is 0 Å². The zero-order valence-corrected chi connectivity index (χ0v) is 9.58. The number of carbonyl (C=O) groups excluding carboxylic acids is 3. The van der Waals surface area contributed by atoms with Crippen LogP contribution >= 0.6 is 0 Å². The molecule has 4 amide bonds. The number of primary amides is 1. The van der Waals surface area contributed by atoms with Gasteiger partial charge in [0.1, 0.15) is 5.41 Å². The van der Waals surface area contributed by atoms with Crippen LogP contribution in [0.25, 0.3) is 0 Å². The van der Waals surface area contributed by atoms with Crippen molar-refractivity contribution in [2.75, 3.05) is 0 Å². The van der Waals surface area contributed by atoms with Crippen molar-refractivity contribution >= 4 is 17.8 Å². The molecule has 1 saturated heterocycles. The van der Waals surface area contributed by atoms with E-state index in [4.69, 9.17) is 5.73 Å². The molecule has 1 aliphatic rings. The zero-order chi connectivity index (χ0) is 13.1. The zero-order valence-electron chi connectivity index (χ0n) is 9.58. The highest BCUT2D eigenvalue weighted by Crippen LogP contribution is 2.31. The largest absolute Gasteiger partial charge is 0.351 e. The second-order valence-corrected chi connectivity index (χ2v) is 4.10. The highest BCUT2D eigenvalue weighted by Gasteiger charge is 2.48. The molecule has 2 atom stereocenters. The van der Waals surface area contributed by atoms with Gasteiger partial charge in [0.2, 0.25) is 11.8 Å². The summed E-state index contributed by atoms with van der Waals surface area (Å²) < 4.78 is 0. The monoisotopic (exact) mass is 240 g/mol. The van der Waals surface area contributed by atoms with E-state index in [-0.39, 0.29) is 18.9 Å². The van der Waals surface area contributed by atoms with Gasteiger partial charge in [0.15, 0.2) is 0 Å². The van der Waals surface area contributed by atoms with E-state index < -0.39 is 23.3 Å². The van der Waals surface area contributed by atoms with E-state index in [1.807, 2.05) is 12.2 Å². The van der Waals surface area contributed by atoms with Gasteiger partial charge in [0.05, 0.1) is 0 Å². The van der Waals surface area contributed by atoms with Crippen LogP contribution in [0, 0.1) is 5.41 Å². The molecular weight excluding hydrogens is 224 g/mol. The van der Waals surface area contributed by atoms with Gasteiger partial charge in [-0.1, -0.05) is 6.08 Å². The van der Waals surface area contributed by atoms with Crippen molar-refractivity contribution in [3.8, 4) is 0 Å². The molecule has 0 spiro atoms. The Labute approximate surface area is 98.8 Å². The van der Waals surface area contributed by atoms with E-state index in [1.165, 1.54) is 6.08 Å². The lowest BCUT2D eigenvalue weighted by Crippen LogP contribution is -2.63. The van der Waals surface area contributed by atoms with E-state index >= 15 is 0 Å². The van der Waals surface area contributed by atoms with Gasteiger partial charge >= 0.3 is 6.03 Å². The molecule has 1 rings (SSSR count). The Hall–Kier alpha value is -1.89. The standard InChI is InChI=1S/C10H16N4O3/c1-3-4-10(7(15)12-9(11)17)5-6(2)13-14-8(10)16/h3,6,13H,1,4-5H2,2H3,(H,14,16)(H3,11,12,15,17). The maximum Gasteiger partial charge on any atom is 0.318 e. The Morgan fingerprint density at radius 1 is 1.71 bits per heavy atom. The molecule has 1 fully saturated rings. The summed E-state index contributed by atoms with van der Waals surface area (Å²) in [4.78, 5) is 34.5. The molecule has 7 heteroatoms. The average molecular weight is 240 g/mol. The summed E-state index contributed by atoms with van der Waals surface area (Å²) in [6.45, 7) is 5.34. The minimum absolute atomic E-state index is 0.0914. The van der Waals surface area contributed by atoms with Crippen LogP contribution in [-0.2, 0) is 9.59 Å². The van der Waals surface area contributed by atoms with Gasteiger partial charge in [0.25, 0.3) is 0 Å². The molecule has 0 radical (unpaired) electrons. The number of hydrogen-bond donors (Lipinski definition) is 4. The van der Waals surface area contributed by atoms with Gasteiger partial charge in [-0.25, -0.2) is 10.2 Å². The maximum absolute atomic E-state index is 11.9. The molecule has 1 heterocycles. The fraction of sp³-hybridized carbons (Fsp3) is 0.500. The smallest absolute Gasteiger partial charge is 0.318 e. The van der Waals surface area contributed by atoms with Crippen LogP contribution in [0.1, 0.15) is 19.8 Å². The van der Waals surface area contributed by atoms with E-state index in [0.29, 0.717) is 0 Å². The maximum atomic E-state index is 11.9. The lowest BCUT2D eigenvalue weighted by molar-refractivity contribution is -0.147. The molecule has 1 aliphatic heterocycles. The topological polar surface area (TPSA) is 113 Å². The number of amides is 4. The molecule has 0 aromatic heterocycles. The Bertz CT molecular complexity index is 369. The van der Waals surface area contributed by atoms with Crippen molar-refractivity contribution in [2.24, 2.45) is 11.1 Å². The second-order valence-electron chi connectivity index (χ2n) is 4.10. The molecule has 0 aromatic carbocycles. The first kappa shape index (κ1) is 13.2. The number of carbonyl (C=O) groups is 3. The minimum atomic E-state index is -1.33. The van der Waals surface area contributed by atoms with E-state index in [9.17, 15) is 14.4 Å². The van der Waals surface area contributed by atoms with Crippen LogP contribution < -0.4 is 21.9 Å². The number of allylic oxidation sites excluding steroid dienone is 1. The number of hydrazine groups is 1. The Morgan fingerprint density at radius 3 is 2.88 bits per heavy atom. The number of urea groups is 1. The van der Waals surface area contributed by atoms with Crippen molar-refractivity contribution < 1.29 is 14.4 Å². The lowest BCUT2D eigenvalue weighted by Gasteiger charge is -2.37. The molecular formula is C10H16N4O3. The number of imide groups is 1. The number of nitrogens with one attached hydrogen (secondary N) is 3. The fourth-order valence-corrected chi connectivity index (χ4v) is 1.92. The normalized spacial score (nSPS) is 28.1. The first-order valence-corrected chi connectivity index (χ1v) is 5.20. The van der Waals surface area contributed by atoms with Crippen LogP contribution in [0.5, 0.6) is 0 Å². The summed E-state index contributed by atoms with van der Waals surface area (Å²) >= 11 is 0. The number of rotatable bonds is 3. The van der Waals surface area contributed by atoms with E-state index in [2.05, 4.69) is 17.4 Å². The summed E-state index contributed by atoms with van der Waals surface area (Å²) in [5.74, 6) is -1.19. The van der Waals surface area contributed by atoms with Crippen molar-refractivity contribution in [1.29, 1.82) is 0 Å². The Morgan fingerprint density at radius 2 is 2.35 bits per heavy atom. The molecule has 17 heavy (non-hydrogen) atoms. The molecule has 0 bridgehead atoms. The van der Waals surface area contributed by atoms with Crippen LogP contribution in [0.4, 0.5) is 4.79 Å². The molecule has 7 nitrogen and oxygen atoms in total. The van der Waals surface area contributed by atoms with Gasteiger partial charge in [-0.05, 0) is 19.8 Å². The average Bonchev–Trinajstić information content (AvgIpc) is 2.22. The van der Waals surface area contributed by atoms with Crippen molar-refractivity contribution in [3.05, 3.63) is 12.7 Å². The number of nitrogens with two attached hydrogens (primary N) is 1. The van der Waals surface area contributed by atoms with Crippen LogP contribution in [0.3, 0.4) is 0 Å². The van der Waals surface area contributed by atoms with Crippen LogP contribution in [0.15, 0.2) is 12.7 Å². The first-order chi connectivity index (χ1) is 7.92. The third kappa shape index (κ3) is 2.62. The predicted octanol–water partition coefficient (Wildman–Crippen LogP) is -0.843. The highest BCUT2D eigenvalue weighted by molar-refractivity contribution is 6.10. The highest BCUT2D eigenvalue weighted by atomic mass is 16.2. The summed E-state index contributed by atoms with van der Waals surface area (Å²) in [5.41, 5.74) is 8.69. The first-order valence-electron chi connectivity index (χ1n) is 5.20. The molecule has 0 saturated carbocycles. The fourth-order valence-electron chi connectivity index (χ4n) is 1.92. The third-order valence-electron chi connectivity index (χ3n) is 2.69. The molecule has 0 aliphatic carbocycles.